The normalized spacial score (nSPS) is 13.0. The molecule has 0 aromatic carbocycles. The first-order valence-electron chi connectivity index (χ1n) is 30.1. The number of carbonyl (C=O) groups excluding carboxylic acids is 3. The van der Waals surface area contributed by atoms with Crippen LogP contribution in [0, 0.1) is 0 Å². The number of esters is 3. The van der Waals surface area contributed by atoms with Gasteiger partial charge in [0, 0.05) is 19.3 Å². The van der Waals surface area contributed by atoms with Crippen LogP contribution in [0.15, 0.2) is 122 Å². The summed E-state index contributed by atoms with van der Waals surface area (Å²) in [5.41, 5.74) is 0. The zero-order valence-electron chi connectivity index (χ0n) is 47.4. The predicted octanol–water partition coefficient (Wildman–Crippen LogP) is 20.4. The lowest BCUT2D eigenvalue weighted by molar-refractivity contribution is -0.167. The number of hydrogen-bond acceptors (Lipinski definition) is 6. The van der Waals surface area contributed by atoms with E-state index >= 15 is 0 Å². The second kappa shape index (κ2) is 60.4. The molecule has 0 fully saturated rings. The first-order valence-corrected chi connectivity index (χ1v) is 30.1. The van der Waals surface area contributed by atoms with Crippen LogP contribution in [0.25, 0.3) is 0 Å². The summed E-state index contributed by atoms with van der Waals surface area (Å²) in [6, 6.07) is 0. The Kier molecular flexibility index (Phi) is 56.9. The molecule has 1 atom stereocenters. The molecule has 0 aliphatic carbocycles. The lowest BCUT2D eigenvalue weighted by Gasteiger charge is -2.18. The van der Waals surface area contributed by atoms with E-state index < -0.39 is 6.10 Å². The fourth-order valence-corrected chi connectivity index (χ4v) is 8.06. The van der Waals surface area contributed by atoms with Crippen LogP contribution in [0.4, 0.5) is 0 Å². The molecule has 0 aliphatic heterocycles. The molecule has 0 rings (SSSR count). The molecule has 0 aromatic heterocycles. The summed E-state index contributed by atoms with van der Waals surface area (Å²) in [7, 11) is 0. The zero-order chi connectivity index (χ0) is 52.9. The Morgan fingerprint density at radius 2 is 0.589 bits per heavy atom. The third-order valence-corrected chi connectivity index (χ3v) is 12.6. The molecular formula is C67H110O6. The highest BCUT2D eigenvalue weighted by molar-refractivity contribution is 5.71. The summed E-state index contributed by atoms with van der Waals surface area (Å²) in [6.45, 7) is 6.44. The molecule has 0 saturated carbocycles. The Balaban J connectivity index is 4.50. The second-order valence-corrected chi connectivity index (χ2v) is 19.7. The Hall–Kier alpha value is -4.19. The Bertz CT molecular complexity index is 1540. The van der Waals surface area contributed by atoms with Crippen molar-refractivity contribution in [2.75, 3.05) is 13.2 Å². The summed E-state index contributed by atoms with van der Waals surface area (Å²) in [5, 5.41) is 0. The van der Waals surface area contributed by atoms with Crippen LogP contribution >= 0.6 is 0 Å². The van der Waals surface area contributed by atoms with Crippen LogP contribution in [0.1, 0.15) is 265 Å². The fourth-order valence-electron chi connectivity index (χ4n) is 8.06. The highest BCUT2D eigenvalue weighted by Gasteiger charge is 2.19. The van der Waals surface area contributed by atoms with Gasteiger partial charge in [-0.3, -0.25) is 14.4 Å². The molecule has 0 bridgehead atoms. The van der Waals surface area contributed by atoms with Crippen molar-refractivity contribution in [1.82, 2.24) is 0 Å². The largest absolute Gasteiger partial charge is 0.462 e. The number of carbonyl (C=O) groups is 3. The molecule has 6 heteroatoms. The monoisotopic (exact) mass is 1010 g/mol. The molecule has 0 amide bonds. The van der Waals surface area contributed by atoms with Crippen molar-refractivity contribution in [2.24, 2.45) is 0 Å². The summed E-state index contributed by atoms with van der Waals surface area (Å²) < 4.78 is 16.9. The molecule has 0 spiro atoms. The third kappa shape index (κ3) is 58.6. The van der Waals surface area contributed by atoms with Crippen LogP contribution in [-0.4, -0.2) is 37.2 Å². The molecule has 414 valence electrons. The number of hydrogen-bond donors (Lipinski definition) is 0. The quantitative estimate of drug-likeness (QED) is 0.0199. The first kappa shape index (κ1) is 68.8. The zero-order valence-corrected chi connectivity index (χ0v) is 47.4. The topological polar surface area (TPSA) is 78.9 Å². The van der Waals surface area contributed by atoms with Gasteiger partial charge in [0.2, 0.25) is 0 Å². The smallest absolute Gasteiger partial charge is 0.306 e. The minimum absolute atomic E-state index is 0.100. The summed E-state index contributed by atoms with van der Waals surface area (Å²) in [6.07, 6.45) is 83.2. The Morgan fingerprint density at radius 1 is 0.301 bits per heavy atom. The maximum absolute atomic E-state index is 12.9. The van der Waals surface area contributed by atoms with Gasteiger partial charge in [-0.2, -0.15) is 0 Å². The molecule has 6 nitrogen and oxygen atoms in total. The van der Waals surface area contributed by atoms with Crippen molar-refractivity contribution in [2.45, 2.75) is 271 Å². The van der Waals surface area contributed by atoms with E-state index in [-0.39, 0.29) is 31.1 Å². The van der Waals surface area contributed by atoms with Gasteiger partial charge < -0.3 is 14.2 Å². The van der Waals surface area contributed by atoms with Gasteiger partial charge in [0.15, 0.2) is 6.10 Å². The minimum Gasteiger partial charge on any atom is -0.462 e. The molecule has 0 aromatic rings. The molecule has 0 aliphatic rings. The maximum Gasteiger partial charge on any atom is 0.306 e. The number of unbranched alkanes of at least 4 members (excludes halogenated alkanes) is 27. The van der Waals surface area contributed by atoms with Crippen LogP contribution in [0.3, 0.4) is 0 Å². The van der Waals surface area contributed by atoms with Crippen molar-refractivity contribution in [1.29, 1.82) is 0 Å². The average Bonchev–Trinajstić information content (AvgIpc) is 3.39. The molecule has 0 N–H and O–H groups in total. The van der Waals surface area contributed by atoms with Crippen molar-refractivity contribution < 1.29 is 28.6 Å². The van der Waals surface area contributed by atoms with Crippen LogP contribution in [0.2, 0.25) is 0 Å². The standard InChI is InChI=1S/C67H110O6/c1-4-7-10-13-16-19-22-25-28-31-34-37-39-42-45-48-51-54-57-60-66(69)72-63-64(73-67(70)61-58-55-52-49-46-43-40-36-33-30-27-24-21-18-15-12-9-6-3)62-71-65(68)59-56-53-50-47-44-41-38-35-32-29-26-23-20-17-14-11-8-5-2/h7,10,16,18-19,21,23-30,32-33,35-36,38,40,64H,4-6,8-9,11-15,17,20,22,31,34,37,39,41-63H2,1-3H3/b10-7-,19-16-,21-18-,26-23-,27-24-,28-25-,32-29-,33-30-,38-35-,40-36-. The van der Waals surface area contributed by atoms with E-state index in [9.17, 15) is 14.4 Å². The van der Waals surface area contributed by atoms with Gasteiger partial charge >= 0.3 is 17.9 Å². The fraction of sp³-hybridized carbons (Fsp3) is 0.657. The summed E-state index contributed by atoms with van der Waals surface area (Å²) in [4.78, 5) is 38.3. The molecular weight excluding hydrogens is 901 g/mol. The number of ether oxygens (including phenoxy) is 3. The highest BCUT2D eigenvalue weighted by atomic mass is 16.6. The maximum atomic E-state index is 12.9. The van der Waals surface area contributed by atoms with E-state index in [2.05, 4.69) is 142 Å². The molecule has 73 heavy (non-hydrogen) atoms. The van der Waals surface area contributed by atoms with E-state index in [1.807, 2.05) is 0 Å². The lowest BCUT2D eigenvalue weighted by Crippen LogP contribution is -2.30. The average molecular weight is 1010 g/mol. The van der Waals surface area contributed by atoms with Gasteiger partial charge in [-0.05, 0) is 103 Å². The molecule has 1 unspecified atom stereocenters. The van der Waals surface area contributed by atoms with E-state index in [1.165, 1.54) is 96.3 Å². The van der Waals surface area contributed by atoms with E-state index in [4.69, 9.17) is 14.2 Å². The van der Waals surface area contributed by atoms with E-state index in [1.54, 1.807) is 0 Å². The third-order valence-electron chi connectivity index (χ3n) is 12.6. The SMILES string of the molecule is CC/C=C\C/C=C\C/C=C\CCCCCCCCCCCC(=O)OCC(COC(=O)CCCCCCC\C=C/C=C\C=C/CCCCCCC)OC(=O)CCCCCCC\C=C/C=C\C=C/C=C\CCCCC. The predicted molar refractivity (Wildman–Crippen MR) is 316 cm³/mol. The molecule has 0 radical (unpaired) electrons. The van der Waals surface area contributed by atoms with Gasteiger partial charge in [-0.25, -0.2) is 0 Å². The van der Waals surface area contributed by atoms with E-state index in [0.717, 1.165) is 128 Å². The van der Waals surface area contributed by atoms with Gasteiger partial charge in [-0.15, -0.1) is 0 Å². The van der Waals surface area contributed by atoms with Crippen LogP contribution < -0.4 is 0 Å². The van der Waals surface area contributed by atoms with Crippen molar-refractivity contribution in [3.8, 4) is 0 Å². The van der Waals surface area contributed by atoms with Crippen molar-refractivity contribution in [3.05, 3.63) is 122 Å². The van der Waals surface area contributed by atoms with Crippen molar-refractivity contribution in [3.63, 3.8) is 0 Å². The minimum atomic E-state index is -0.806. The number of allylic oxidation sites excluding steroid dienone is 20. The summed E-state index contributed by atoms with van der Waals surface area (Å²) >= 11 is 0. The molecule has 0 saturated heterocycles. The Morgan fingerprint density at radius 3 is 0.986 bits per heavy atom. The van der Waals surface area contributed by atoms with Gasteiger partial charge in [0.1, 0.15) is 13.2 Å². The number of rotatable bonds is 53. The van der Waals surface area contributed by atoms with Crippen LogP contribution in [-0.2, 0) is 28.6 Å². The second-order valence-electron chi connectivity index (χ2n) is 19.7. The van der Waals surface area contributed by atoms with E-state index in [0.29, 0.717) is 19.3 Å². The van der Waals surface area contributed by atoms with Crippen LogP contribution in [0.5, 0.6) is 0 Å². The Labute approximate surface area is 450 Å². The first-order chi connectivity index (χ1) is 36.0. The highest BCUT2D eigenvalue weighted by Crippen LogP contribution is 2.15. The lowest BCUT2D eigenvalue weighted by atomic mass is 10.1. The van der Waals surface area contributed by atoms with Crippen molar-refractivity contribution >= 4 is 17.9 Å². The van der Waals surface area contributed by atoms with Gasteiger partial charge in [-0.1, -0.05) is 264 Å². The van der Waals surface area contributed by atoms with Gasteiger partial charge in [0.05, 0.1) is 0 Å². The summed E-state index contributed by atoms with van der Waals surface area (Å²) in [5.74, 6) is -0.947. The van der Waals surface area contributed by atoms with Gasteiger partial charge in [0.25, 0.3) is 0 Å². The molecule has 0 heterocycles.